The fourth-order valence-electron chi connectivity index (χ4n) is 1.02. The van der Waals surface area contributed by atoms with E-state index in [1.807, 2.05) is 0 Å². The van der Waals surface area contributed by atoms with E-state index in [0.717, 1.165) is 0 Å². The van der Waals surface area contributed by atoms with Crippen LogP contribution >= 0.6 is 7.82 Å². The van der Waals surface area contributed by atoms with Crippen LogP contribution in [-0.2, 0) is 15.6 Å². The number of primary amides is 1. The van der Waals surface area contributed by atoms with Gasteiger partial charge in [0.15, 0.2) is 5.69 Å². The summed E-state index contributed by atoms with van der Waals surface area (Å²) >= 11 is 0. The Labute approximate surface area is 90.3 Å². The van der Waals surface area contributed by atoms with Crippen LogP contribution in [0, 0.1) is 0 Å². The number of phosphoric acid groups is 1. The Bertz CT molecular complexity index is 438. The summed E-state index contributed by atoms with van der Waals surface area (Å²) < 4.78 is 15.9. The normalized spacial score (nSPS) is 11.6. The third-order valence-corrected chi connectivity index (χ3v) is 2.22. The van der Waals surface area contributed by atoms with Gasteiger partial charge in [0.2, 0.25) is 0 Å². The van der Waals surface area contributed by atoms with Crippen LogP contribution in [-0.4, -0.2) is 31.9 Å². The topological polar surface area (TPSA) is 154 Å². The lowest BCUT2D eigenvalue weighted by Crippen LogP contribution is -2.15. The van der Waals surface area contributed by atoms with E-state index in [1.165, 1.54) is 10.9 Å². The van der Waals surface area contributed by atoms with E-state index < -0.39 is 13.7 Å². The van der Waals surface area contributed by atoms with Gasteiger partial charge in [-0.15, -0.1) is 0 Å². The molecule has 0 unspecified atom stereocenters. The predicted octanol–water partition coefficient (Wildman–Crippen LogP) is -1.33. The van der Waals surface area contributed by atoms with Crippen molar-refractivity contribution in [3.05, 3.63) is 12.0 Å². The lowest BCUT2D eigenvalue weighted by atomic mass is 10.4. The van der Waals surface area contributed by atoms with Crippen molar-refractivity contribution in [3.8, 4) is 0 Å². The van der Waals surface area contributed by atoms with Crippen LogP contribution in [0.3, 0.4) is 0 Å². The first-order valence-corrected chi connectivity index (χ1v) is 5.65. The molecule has 0 aliphatic carbocycles. The van der Waals surface area contributed by atoms with Crippen molar-refractivity contribution >= 4 is 19.5 Å². The molecule has 0 bridgehead atoms. The second-order valence-corrected chi connectivity index (χ2v) is 4.10. The maximum absolute atomic E-state index is 10.8. The molecule has 10 heteroatoms. The minimum atomic E-state index is -4.50. The summed E-state index contributed by atoms with van der Waals surface area (Å²) in [6, 6.07) is 0. The molecule has 0 radical (unpaired) electrons. The Morgan fingerprint density at radius 2 is 2.25 bits per heavy atom. The molecular formula is C6H11N4O5P. The van der Waals surface area contributed by atoms with Crippen LogP contribution in [0.1, 0.15) is 10.5 Å². The summed E-state index contributed by atoms with van der Waals surface area (Å²) in [4.78, 5) is 31.3. The molecule has 90 valence electrons. The van der Waals surface area contributed by atoms with Gasteiger partial charge in [-0.25, -0.2) is 9.55 Å². The van der Waals surface area contributed by atoms with Crippen LogP contribution in [0.15, 0.2) is 6.33 Å². The summed E-state index contributed by atoms with van der Waals surface area (Å²) in [6.07, 6.45) is 1.23. The SMILES string of the molecule is NC(=O)c1ncn(CCOP(=O)(O)O)c1N. The number of nitrogens with two attached hydrogens (primary N) is 2. The number of anilines is 1. The number of hydrogen-bond acceptors (Lipinski definition) is 5. The first kappa shape index (κ1) is 12.7. The second kappa shape index (κ2) is 4.62. The standard InChI is InChI=1S/C6H11N4O5P/c7-5-4(6(8)11)9-3-10(5)1-2-15-16(12,13)14/h3H,1-2,7H2,(H2,8,11)(H2,12,13,14). The summed E-state index contributed by atoms with van der Waals surface area (Å²) in [5.74, 6) is -0.742. The van der Waals surface area contributed by atoms with Crippen LogP contribution in [0.2, 0.25) is 0 Å². The fraction of sp³-hybridized carbons (Fsp3) is 0.333. The van der Waals surface area contributed by atoms with Crippen molar-refractivity contribution in [2.75, 3.05) is 12.3 Å². The first-order valence-electron chi connectivity index (χ1n) is 4.12. The fourth-order valence-corrected chi connectivity index (χ4v) is 1.34. The second-order valence-electron chi connectivity index (χ2n) is 2.86. The van der Waals surface area contributed by atoms with Gasteiger partial charge in [-0.3, -0.25) is 9.32 Å². The third kappa shape index (κ3) is 3.31. The summed E-state index contributed by atoms with van der Waals surface area (Å²) in [5.41, 5.74) is 10.4. The largest absolute Gasteiger partial charge is 0.469 e. The summed E-state index contributed by atoms with van der Waals surface area (Å²) in [6.45, 7) is -0.208. The molecule has 16 heavy (non-hydrogen) atoms. The molecule has 1 heterocycles. The molecule has 0 aliphatic rings. The van der Waals surface area contributed by atoms with Gasteiger partial charge in [-0.1, -0.05) is 0 Å². The number of phosphoric ester groups is 1. The highest BCUT2D eigenvalue weighted by Gasteiger charge is 2.15. The lowest BCUT2D eigenvalue weighted by molar-refractivity contribution is 0.0996. The zero-order chi connectivity index (χ0) is 12.3. The highest BCUT2D eigenvalue weighted by molar-refractivity contribution is 7.46. The molecule has 1 rings (SSSR count). The van der Waals surface area contributed by atoms with Gasteiger partial charge < -0.3 is 25.8 Å². The zero-order valence-electron chi connectivity index (χ0n) is 8.11. The number of nitrogen functional groups attached to an aromatic ring is 1. The van der Waals surface area contributed by atoms with Crippen LogP contribution in [0.25, 0.3) is 0 Å². The number of hydrogen-bond donors (Lipinski definition) is 4. The van der Waals surface area contributed by atoms with E-state index in [9.17, 15) is 9.36 Å². The molecule has 1 aromatic heterocycles. The van der Waals surface area contributed by atoms with Crippen molar-refractivity contribution < 1.29 is 23.7 Å². The van der Waals surface area contributed by atoms with Gasteiger partial charge >= 0.3 is 7.82 Å². The molecule has 1 aromatic rings. The van der Waals surface area contributed by atoms with E-state index in [2.05, 4.69) is 9.51 Å². The number of rotatable bonds is 5. The van der Waals surface area contributed by atoms with Crippen molar-refractivity contribution in [2.24, 2.45) is 5.73 Å². The molecule has 0 aromatic carbocycles. The minimum absolute atomic E-state index is 0.0295. The van der Waals surface area contributed by atoms with Crippen molar-refractivity contribution in [3.63, 3.8) is 0 Å². The predicted molar refractivity (Wildman–Crippen MR) is 53.2 cm³/mol. The number of nitrogens with zero attached hydrogens (tertiary/aromatic N) is 2. The number of amides is 1. The molecule has 0 saturated heterocycles. The highest BCUT2D eigenvalue weighted by atomic mass is 31.2. The van der Waals surface area contributed by atoms with E-state index in [0.29, 0.717) is 0 Å². The van der Waals surface area contributed by atoms with E-state index in [4.69, 9.17) is 21.3 Å². The van der Waals surface area contributed by atoms with Gasteiger partial charge in [0.1, 0.15) is 5.82 Å². The Morgan fingerprint density at radius 3 is 2.69 bits per heavy atom. The average Bonchev–Trinajstić information content (AvgIpc) is 2.46. The van der Waals surface area contributed by atoms with E-state index >= 15 is 0 Å². The smallest absolute Gasteiger partial charge is 0.383 e. The maximum atomic E-state index is 10.8. The zero-order valence-corrected chi connectivity index (χ0v) is 9.00. The Kier molecular flexibility index (Phi) is 3.66. The molecule has 1 amide bonds. The van der Waals surface area contributed by atoms with Gasteiger partial charge in [0.05, 0.1) is 12.9 Å². The molecule has 0 saturated carbocycles. The van der Waals surface area contributed by atoms with Crippen LogP contribution in [0.4, 0.5) is 5.82 Å². The Morgan fingerprint density at radius 1 is 1.62 bits per heavy atom. The quantitative estimate of drug-likeness (QED) is 0.472. The number of aromatic nitrogens is 2. The van der Waals surface area contributed by atoms with E-state index in [-0.39, 0.29) is 24.7 Å². The van der Waals surface area contributed by atoms with Crippen LogP contribution < -0.4 is 11.5 Å². The highest BCUT2D eigenvalue weighted by Crippen LogP contribution is 2.35. The Balaban J connectivity index is 2.62. The monoisotopic (exact) mass is 250 g/mol. The molecular weight excluding hydrogens is 239 g/mol. The van der Waals surface area contributed by atoms with Gasteiger partial charge in [-0.2, -0.15) is 0 Å². The van der Waals surface area contributed by atoms with E-state index in [1.54, 1.807) is 0 Å². The van der Waals surface area contributed by atoms with Gasteiger partial charge in [0, 0.05) is 6.54 Å². The molecule has 0 aliphatic heterocycles. The number of imidazole rings is 1. The lowest BCUT2D eigenvalue weighted by Gasteiger charge is -2.06. The molecule has 6 N–H and O–H groups in total. The van der Waals surface area contributed by atoms with Gasteiger partial charge in [-0.05, 0) is 0 Å². The molecule has 9 nitrogen and oxygen atoms in total. The number of carbonyl (C=O) groups is 1. The average molecular weight is 250 g/mol. The van der Waals surface area contributed by atoms with Crippen LogP contribution in [0.5, 0.6) is 0 Å². The number of carbonyl (C=O) groups excluding carboxylic acids is 1. The summed E-state index contributed by atoms with van der Waals surface area (Å²) in [7, 11) is -4.50. The summed E-state index contributed by atoms with van der Waals surface area (Å²) in [5, 5.41) is 0. The third-order valence-electron chi connectivity index (χ3n) is 1.70. The van der Waals surface area contributed by atoms with Crippen molar-refractivity contribution in [2.45, 2.75) is 6.54 Å². The Hall–Kier alpha value is -1.41. The first-order chi connectivity index (χ1) is 7.31. The minimum Gasteiger partial charge on any atom is -0.383 e. The van der Waals surface area contributed by atoms with Gasteiger partial charge in [0.25, 0.3) is 5.91 Å². The van der Waals surface area contributed by atoms with Crippen molar-refractivity contribution in [1.82, 2.24) is 9.55 Å². The van der Waals surface area contributed by atoms with Crippen molar-refractivity contribution in [1.29, 1.82) is 0 Å². The molecule has 0 atom stereocenters. The molecule has 0 fully saturated rings. The molecule has 0 spiro atoms. The maximum Gasteiger partial charge on any atom is 0.469 e.